The maximum Gasteiger partial charge on any atom is 0.318 e. The molecule has 1 N–H and O–H groups in total. The molecule has 0 spiro atoms. The molecular weight excluding hydrogens is 326 g/mol. The zero-order chi connectivity index (χ0) is 17.1. The molecule has 0 aromatic heterocycles. The molecule has 2 atom stereocenters. The SMILES string of the molecule is CCOC(=O)C1CC(c2ccc(-c3ccc(Cl)cc3)cc2)NC1=O. The topological polar surface area (TPSA) is 55.4 Å². The number of amides is 1. The summed E-state index contributed by atoms with van der Waals surface area (Å²) < 4.78 is 4.96. The summed E-state index contributed by atoms with van der Waals surface area (Å²) >= 11 is 5.91. The average Bonchev–Trinajstić information content (AvgIpc) is 2.98. The van der Waals surface area contributed by atoms with Gasteiger partial charge in [-0.05, 0) is 42.2 Å². The number of halogens is 1. The van der Waals surface area contributed by atoms with E-state index in [2.05, 4.69) is 5.32 Å². The van der Waals surface area contributed by atoms with Crippen molar-refractivity contribution < 1.29 is 14.3 Å². The molecule has 5 heteroatoms. The lowest BCUT2D eigenvalue weighted by atomic mass is 9.97. The maximum absolute atomic E-state index is 12.0. The fraction of sp³-hybridized carbons (Fsp3) is 0.263. The Morgan fingerprint density at radius 1 is 1.12 bits per heavy atom. The molecule has 2 aromatic carbocycles. The molecular formula is C19H18ClNO3. The lowest BCUT2D eigenvalue weighted by Crippen LogP contribution is -2.27. The molecule has 2 unspecified atom stereocenters. The van der Waals surface area contributed by atoms with Gasteiger partial charge in [0.2, 0.25) is 5.91 Å². The molecule has 1 amide bonds. The summed E-state index contributed by atoms with van der Waals surface area (Å²) in [6.07, 6.45) is 0.429. The first-order valence-electron chi connectivity index (χ1n) is 7.91. The molecule has 0 saturated carbocycles. The summed E-state index contributed by atoms with van der Waals surface area (Å²) in [7, 11) is 0. The van der Waals surface area contributed by atoms with E-state index >= 15 is 0 Å². The van der Waals surface area contributed by atoms with E-state index in [1.165, 1.54) is 0 Å². The van der Waals surface area contributed by atoms with Crippen molar-refractivity contribution in [2.45, 2.75) is 19.4 Å². The van der Waals surface area contributed by atoms with Crippen LogP contribution in [0.1, 0.15) is 24.9 Å². The molecule has 24 heavy (non-hydrogen) atoms. The number of benzene rings is 2. The van der Waals surface area contributed by atoms with Crippen molar-refractivity contribution in [1.82, 2.24) is 5.32 Å². The van der Waals surface area contributed by atoms with Gasteiger partial charge < -0.3 is 10.1 Å². The lowest BCUT2D eigenvalue weighted by Gasteiger charge is -2.11. The molecule has 0 bridgehead atoms. The Labute approximate surface area is 145 Å². The summed E-state index contributed by atoms with van der Waals surface area (Å²) in [6.45, 7) is 2.01. The standard InChI is InChI=1S/C19H18ClNO3/c1-2-24-19(23)16-11-17(21-18(16)22)14-5-3-12(4-6-14)13-7-9-15(20)10-8-13/h3-10,16-17H,2,11H2,1H3,(H,21,22). The third kappa shape index (κ3) is 3.44. The average molecular weight is 344 g/mol. The maximum atomic E-state index is 12.0. The highest BCUT2D eigenvalue weighted by atomic mass is 35.5. The Hall–Kier alpha value is -2.33. The van der Waals surface area contributed by atoms with E-state index in [0.717, 1.165) is 16.7 Å². The molecule has 0 aliphatic carbocycles. The van der Waals surface area contributed by atoms with Gasteiger partial charge in [-0.3, -0.25) is 9.59 Å². The first kappa shape index (κ1) is 16.5. The van der Waals surface area contributed by atoms with Crippen LogP contribution in [-0.4, -0.2) is 18.5 Å². The number of nitrogens with one attached hydrogen (secondary N) is 1. The Morgan fingerprint density at radius 3 is 2.29 bits per heavy atom. The number of esters is 1. The van der Waals surface area contributed by atoms with E-state index in [1.54, 1.807) is 6.92 Å². The highest BCUT2D eigenvalue weighted by Crippen LogP contribution is 2.30. The second-order valence-corrected chi connectivity index (χ2v) is 6.17. The third-order valence-electron chi connectivity index (χ3n) is 4.17. The van der Waals surface area contributed by atoms with Crippen molar-refractivity contribution in [2.24, 2.45) is 5.92 Å². The monoisotopic (exact) mass is 343 g/mol. The van der Waals surface area contributed by atoms with Crippen LogP contribution in [0.25, 0.3) is 11.1 Å². The quantitative estimate of drug-likeness (QED) is 0.679. The minimum atomic E-state index is -0.717. The second kappa shape index (κ2) is 7.05. The minimum absolute atomic E-state index is 0.161. The van der Waals surface area contributed by atoms with Crippen LogP contribution in [-0.2, 0) is 14.3 Å². The third-order valence-corrected chi connectivity index (χ3v) is 4.42. The predicted octanol–water partition coefficient (Wildman–Crippen LogP) is 3.75. The van der Waals surface area contributed by atoms with Crippen molar-refractivity contribution in [1.29, 1.82) is 0 Å². The van der Waals surface area contributed by atoms with Gasteiger partial charge in [-0.25, -0.2) is 0 Å². The van der Waals surface area contributed by atoms with Crippen LogP contribution in [0.3, 0.4) is 0 Å². The number of ether oxygens (including phenoxy) is 1. The van der Waals surface area contributed by atoms with E-state index in [1.807, 2.05) is 48.5 Å². The first-order valence-corrected chi connectivity index (χ1v) is 8.29. The number of hydrogen-bond acceptors (Lipinski definition) is 3. The van der Waals surface area contributed by atoms with Crippen LogP contribution < -0.4 is 5.32 Å². The van der Waals surface area contributed by atoms with Crippen LogP contribution in [0.2, 0.25) is 5.02 Å². The normalized spacial score (nSPS) is 19.8. The summed E-state index contributed by atoms with van der Waals surface area (Å²) in [6, 6.07) is 15.4. The highest BCUT2D eigenvalue weighted by molar-refractivity contribution is 6.30. The van der Waals surface area contributed by atoms with Crippen molar-refractivity contribution in [2.75, 3.05) is 6.61 Å². The Bertz CT molecular complexity index is 740. The number of hydrogen-bond donors (Lipinski definition) is 1. The Morgan fingerprint density at radius 2 is 1.71 bits per heavy atom. The Kier molecular flexibility index (Phi) is 4.86. The van der Waals surface area contributed by atoms with Gasteiger partial charge in [-0.2, -0.15) is 0 Å². The van der Waals surface area contributed by atoms with Crippen molar-refractivity contribution in [3.05, 3.63) is 59.1 Å². The van der Waals surface area contributed by atoms with Gasteiger partial charge in [0.25, 0.3) is 0 Å². The van der Waals surface area contributed by atoms with Crippen molar-refractivity contribution >= 4 is 23.5 Å². The fourth-order valence-corrected chi connectivity index (χ4v) is 3.02. The molecule has 1 aliphatic rings. The predicted molar refractivity (Wildman–Crippen MR) is 92.5 cm³/mol. The van der Waals surface area contributed by atoms with Crippen LogP contribution in [0.5, 0.6) is 0 Å². The van der Waals surface area contributed by atoms with E-state index in [4.69, 9.17) is 16.3 Å². The van der Waals surface area contributed by atoms with Crippen LogP contribution >= 0.6 is 11.6 Å². The molecule has 3 rings (SSSR count). The number of carbonyl (C=O) groups is 2. The number of carbonyl (C=O) groups excluding carboxylic acids is 2. The summed E-state index contributed by atoms with van der Waals surface area (Å²) in [5, 5.41) is 3.57. The smallest absolute Gasteiger partial charge is 0.318 e. The molecule has 1 fully saturated rings. The van der Waals surface area contributed by atoms with E-state index in [-0.39, 0.29) is 18.6 Å². The van der Waals surface area contributed by atoms with Gasteiger partial charge in [0, 0.05) is 5.02 Å². The molecule has 0 radical (unpaired) electrons. The largest absolute Gasteiger partial charge is 0.465 e. The first-order chi connectivity index (χ1) is 11.6. The van der Waals surface area contributed by atoms with Gasteiger partial charge in [0.1, 0.15) is 5.92 Å². The van der Waals surface area contributed by atoms with E-state index in [9.17, 15) is 9.59 Å². The van der Waals surface area contributed by atoms with Crippen LogP contribution in [0, 0.1) is 5.92 Å². The molecule has 2 aromatic rings. The second-order valence-electron chi connectivity index (χ2n) is 5.73. The molecule has 1 saturated heterocycles. The summed E-state index contributed by atoms with van der Waals surface area (Å²) in [5.74, 6) is -1.43. The van der Waals surface area contributed by atoms with Gasteiger partial charge in [0.15, 0.2) is 0 Å². The highest BCUT2D eigenvalue weighted by Gasteiger charge is 2.38. The van der Waals surface area contributed by atoms with Gasteiger partial charge in [0.05, 0.1) is 12.6 Å². The van der Waals surface area contributed by atoms with Crippen molar-refractivity contribution in [3.8, 4) is 11.1 Å². The number of rotatable bonds is 4. The van der Waals surface area contributed by atoms with Crippen molar-refractivity contribution in [3.63, 3.8) is 0 Å². The van der Waals surface area contributed by atoms with Gasteiger partial charge >= 0.3 is 5.97 Å². The Balaban J connectivity index is 1.73. The lowest BCUT2D eigenvalue weighted by molar-refractivity contribution is -0.150. The summed E-state index contributed by atoms with van der Waals surface area (Å²) in [5.41, 5.74) is 3.13. The van der Waals surface area contributed by atoms with Gasteiger partial charge in [-0.15, -0.1) is 0 Å². The molecule has 124 valence electrons. The van der Waals surface area contributed by atoms with Crippen LogP contribution in [0.4, 0.5) is 0 Å². The molecule has 1 heterocycles. The zero-order valence-electron chi connectivity index (χ0n) is 13.3. The zero-order valence-corrected chi connectivity index (χ0v) is 14.0. The van der Waals surface area contributed by atoms with Gasteiger partial charge in [-0.1, -0.05) is 48.0 Å². The van der Waals surface area contributed by atoms with E-state index < -0.39 is 11.9 Å². The van der Waals surface area contributed by atoms with E-state index in [0.29, 0.717) is 11.4 Å². The fourth-order valence-electron chi connectivity index (χ4n) is 2.89. The summed E-state index contributed by atoms with van der Waals surface area (Å²) in [4.78, 5) is 23.8. The van der Waals surface area contributed by atoms with Crippen LogP contribution in [0.15, 0.2) is 48.5 Å². The minimum Gasteiger partial charge on any atom is -0.465 e. The molecule has 1 aliphatic heterocycles. The molecule has 4 nitrogen and oxygen atoms in total.